The highest BCUT2D eigenvalue weighted by Gasteiger charge is 2.33. The number of thiophene rings is 1. The van der Waals surface area contributed by atoms with Crippen molar-refractivity contribution in [2.45, 2.75) is 37.4 Å². The quantitative estimate of drug-likeness (QED) is 0.248. The molecular formula is C22H21N5O6S2. The van der Waals surface area contributed by atoms with Crippen LogP contribution in [0.25, 0.3) is 0 Å². The number of nitrogens with one attached hydrogen (secondary N) is 2. The Morgan fingerprint density at radius 2 is 2.03 bits per heavy atom. The first-order chi connectivity index (χ1) is 16.9. The summed E-state index contributed by atoms with van der Waals surface area (Å²) in [6.45, 7) is 0. The van der Waals surface area contributed by atoms with E-state index in [1.807, 2.05) is 0 Å². The minimum absolute atomic E-state index is 0.0328. The molecule has 35 heavy (non-hydrogen) atoms. The first-order valence-electron chi connectivity index (χ1n) is 10.7. The Balaban J connectivity index is 1.37. The predicted molar refractivity (Wildman–Crippen MR) is 133 cm³/mol. The van der Waals surface area contributed by atoms with E-state index in [0.29, 0.717) is 16.1 Å². The number of carbonyl (C=O) groups is 3. The molecule has 0 saturated carbocycles. The number of hydrogen-bond donors (Lipinski definition) is 2. The van der Waals surface area contributed by atoms with E-state index in [-0.39, 0.29) is 23.2 Å². The van der Waals surface area contributed by atoms with Crippen LogP contribution in [0.4, 0.5) is 10.7 Å². The number of thioether (sulfide) groups is 1. The number of anilines is 1. The molecule has 2 aliphatic rings. The summed E-state index contributed by atoms with van der Waals surface area (Å²) in [6.07, 6.45) is 4.94. The SMILES string of the molecule is COC(=O)c1c(NC(=O)CC2S/C(=N/N=Cc3ccc([N+](=O)[O-])cc3)NC2=O)sc2c1CCCC2. The molecule has 1 unspecified atom stereocenters. The van der Waals surface area contributed by atoms with Crippen molar-refractivity contribution in [1.29, 1.82) is 0 Å². The topological polar surface area (TPSA) is 152 Å². The third-order valence-electron chi connectivity index (χ3n) is 5.42. The first kappa shape index (κ1) is 24.5. The number of rotatable bonds is 7. The van der Waals surface area contributed by atoms with Gasteiger partial charge in [0.15, 0.2) is 5.17 Å². The number of nitro groups is 1. The summed E-state index contributed by atoms with van der Waals surface area (Å²) in [4.78, 5) is 48.6. The van der Waals surface area contributed by atoms with Crippen LogP contribution in [0, 0.1) is 10.1 Å². The molecule has 1 aliphatic carbocycles. The maximum absolute atomic E-state index is 12.7. The van der Waals surface area contributed by atoms with Gasteiger partial charge in [-0.25, -0.2) is 4.79 Å². The average Bonchev–Trinajstić information content (AvgIpc) is 3.38. The van der Waals surface area contributed by atoms with Gasteiger partial charge in [0.25, 0.3) is 5.69 Å². The largest absolute Gasteiger partial charge is 0.465 e. The van der Waals surface area contributed by atoms with Crippen LogP contribution in [-0.2, 0) is 27.2 Å². The number of hydrogen-bond acceptors (Lipinski definition) is 10. The summed E-state index contributed by atoms with van der Waals surface area (Å²) >= 11 is 2.46. The molecule has 2 amide bonds. The number of ether oxygens (including phenoxy) is 1. The monoisotopic (exact) mass is 515 g/mol. The maximum atomic E-state index is 12.7. The summed E-state index contributed by atoms with van der Waals surface area (Å²) in [5.74, 6) is -1.24. The lowest BCUT2D eigenvalue weighted by Crippen LogP contribution is -2.28. The van der Waals surface area contributed by atoms with Crippen LogP contribution in [0.1, 0.15) is 45.6 Å². The molecule has 11 nitrogen and oxygen atoms in total. The molecule has 1 fully saturated rings. The smallest absolute Gasteiger partial charge is 0.341 e. The summed E-state index contributed by atoms with van der Waals surface area (Å²) in [6, 6.07) is 5.76. The van der Waals surface area contributed by atoms with Gasteiger partial charge in [-0.05, 0) is 48.9 Å². The van der Waals surface area contributed by atoms with Crippen LogP contribution >= 0.6 is 23.1 Å². The second kappa shape index (κ2) is 10.8. The molecule has 2 heterocycles. The van der Waals surface area contributed by atoms with E-state index < -0.39 is 22.0 Å². The molecule has 0 bridgehead atoms. The van der Waals surface area contributed by atoms with E-state index in [1.54, 1.807) is 0 Å². The number of carbonyl (C=O) groups excluding carboxylic acids is 3. The molecule has 0 radical (unpaired) electrons. The number of fused-ring (bicyclic) bond motifs is 1. The van der Waals surface area contributed by atoms with Gasteiger partial charge in [0.2, 0.25) is 11.8 Å². The van der Waals surface area contributed by atoms with Crippen molar-refractivity contribution in [3.63, 3.8) is 0 Å². The number of amides is 2. The van der Waals surface area contributed by atoms with Gasteiger partial charge in [-0.3, -0.25) is 19.7 Å². The molecule has 1 saturated heterocycles. The zero-order valence-corrected chi connectivity index (χ0v) is 20.2. The minimum atomic E-state index is -0.695. The number of benzene rings is 1. The van der Waals surface area contributed by atoms with Gasteiger partial charge < -0.3 is 15.4 Å². The minimum Gasteiger partial charge on any atom is -0.465 e. The fraction of sp³-hybridized carbons (Fsp3) is 0.318. The molecule has 4 rings (SSSR count). The van der Waals surface area contributed by atoms with Crippen molar-refractivity contribution >= 4 is 63.0 Å². The second-order valence-corrected chi connectivity index (χ2v) is 10.0. The number of esters is 1. The number of nitrogens with zero attached hydrogens (tertiary/aromatic N) is 3. The van der Waals surface area contributed by atoms with E-state index in [2.05, 4.69) is 20.8 Å². The van der Waals surface area contributed by atoms with Crippen molar-refractivity contribution in [3.05, 3.63) is 55.9 Å². The highest BCUT2D eigenvalue weighted by molar-refractivity contribution is 8.15. The molecule has 13 heteroatoms. The molecule has 1 aromatic heterocycles. The number of aryl methyl sites for hydroxylation is 1. The number of non-ortho nitro benzene ring substituents is 1. The van der Waals surface area contributed by atoms with E-state index in [1.165, 1.54) is 48.9 Å². The lowest BCUT2D eigenvalue weighted by Gasteiger charge is -2.12. The van der Waals surface area contributed by atoms with Gasteiger partial charge in [0.1, 0.15) is 10.3 Å². The molecule has 0 spiro atoms. The van der Waals surface area contributed by atoms with Gasteiger partial charge in [-0.1, -0.05) is 11.8 Å². The van der Waals surface area contributed by atoms with Gasteiger partial charge in [-0.2, -0.15) is 5.10 Å². The van der Waals surface area contributed by atoms with Crippen LogP contribution in [0.15, 0.2) is 34.5 Å². The van der Waals surface area contributed by atoms with Crippen molar-refractivity contribution < 1.29 is 24.0 Å². The fourth-order valence-corrected chi connectivity index (χ4v) is 5.95. The third kappa shape index (κ3) is 5.74. The molecule has 182 valence electrons. The maximum Gasteiger partial charge on any atom is 0.341 e. The number of nitro benzene ring substituents is 1. The number of amidine groups is 1. The van der Waals surface area contributed by atoms with Crippen molar-refractivity contribution in [2.75, 3.05) is 12.4 Å². The second-order valence-electron chi connectivity index (χ2n) is 7.75. The Morgan fingerprint density at radius 3 is 2.74 bits per heavy atom. The van der Waals surface area contributed by atoms with Crippen LogP contribution < -0.4 is 10.6 Å². The van der Waals surface area contributed by atoms with E-state index >= 15 is 0 Å². The highest BCUT2D eigenvalue weighted by atomic mass is 32.2. The van der Waals surface area contributed by atoms with E-state index in [9.17, 15) is 24.5 Å². The Morgan fingerprint density at radius 1 is 1.29 bits per heavy atom. The first-order valence-corrected chi connectivity index (χ1v) is 12.4. The summed E-state index contributed by atoms with van der Waals surface area (Å²) < 4.78 is 4.92. The van der Waals surface area contributed by atoms with Gasteiger partial charge in [-0.15, -0.1) is 16.4 Å². The standard InChI is InChI=1S/C22H21N5O6S2/c1-33-21(30)18-14-4-2-3-5-15(14)34-20(18)24-17(28)10-16-19(29)25-22(35-16)26-23-11-12-6-8-13(9-7-12)27(31)32/h6-9,11,16H,2-5,10H2,1H3,(H,24,28)(H,25,26,29). The zero-order chi connectivity index (χ0) is 24.9. The molecule has 2 aromatic rings. The van der Waals surface area contributed by atoms with Gasteiger partial charge in [0, 0.05) is 23.4 Å². The fourth-order valence-electron chi connectivity index (χ4n) is 3.73. The summed E-state index contributed by atoms with van der Waals surface area (Å²) in [5, 5.41) is 23.9. The number of methoxy groups -OCH3 is 1. The van der Waals surface area contributed by atoms with Crippen molar-refractivity contribution in [3.8, 4) is 0 Å². The van der Waals surface area contributed by atoms with Crippen molar-refractivity contribution in [2.24, 2.45) is 10.2 Å². The van der Waals surface area contributed by atoms with Crippen LogP contribution in [0.2, 0.25) is 0 Å². The lowest BCUT2D eigenvalue weighted by molar-refractivity contribution is -0.384. The molecule has 1 aliphatic heterocycles. The predicted octanol–water partition coefficient (Wildman–Crippen LogP) is 3.27. The molecule has 1 aromatic carbocycles. The average molecular weight is 516 g/mol. The Hall–Kier alpha value is -3.58. The Bertz CT molecular complexity index is 1240. The molecular weight excluding hydrogens is 494 g/mol. The van der Waals surface area contributed by atoms with Crippen LogP contribution in [0.5, 0.6) is 0 Å². The van der Waals surface area contributed by atoms with Crippen LogP contribution in [0.3, 0.4) is 0 Å². The molecule has 2 N–H and O–H groups in total. The van der Waals surface area contributed by atoms with Crippen LogP contribution in [-0.4, -0.2) is 46.4 Å². The zero-order valence-electron chi connectivity index (χ0n) is 18.6. The van der Waals surface area contributed by atoms with E-state index in [4.69, 9.17) is 4.74 Å². The molecule has 1 atom stereocenters. The summed E-state index contributed by atoms with van der Waals surface area (Å²) in [5.41, 5.74) is 1.92. The highest BCUT2D eigenvalue weighted by Crippen LogP contribution is 2.38. The van der Waals surface area contributed by atoms with Crippen molar-refractivity contribution in [1.82, 2.24) is 5.32 Å². The normalized spacial score (nSPS) is 18.4. The summed E-state index contributed by atoms with van der Waals surface area (Å²) in [7, 11) is 1.31. The lowest BCUT2D eigenvalue weighted by atomic mass is 9.95. The van der Waals surface area contributed by atoms with Gasteiger partial charge in [0.05, 0.1) is 23.8 Å². The van der Waals surface area contributed by atoms with Gasteiger partial charge >= 0.3 is 5.97 Å². The third-order valence-corrected chi connectivity index (χ3v) is 7.70. The Labute approximate surface area is 208 Å². The Kier molecular flexibility index (Phi) is 7.56. The van der Waals surface area contributed by atoms with E-state index in [0.717, 1.165) is 47.9 Å².